The summed E-state index contributed by atoms with van der Waals surface area (Å²) in [6, 6.07) is 6.97. The summed E-state index contributed by atoms with van der Waals surface area (Å²) < 4.78 is 7.01. The molecule has 4 nitrogen and oxygen atoms in total. The van der Waals surface area contributed by atoms with E-state index in [4.69, 9.17) is 4.52 Å². The number of benzene rings is 1. The van der Waals surface area contributed by atoms with Crippen LogP contribution in [0.15, 0.2) is 43.1 Å². The Morgan fingerprint density at radius 1 is 1.16 bits per heavy atom. The van der Waals surface area contributed by atoms with Gasteiger partial charge in [-0.1, -0.05) is 21.1 Å². The van der Waals surface area contributed by atoms with Crippen LogP contribution in [0, 0.1) is 0 Å². The van der Waals surface area contributed by atoms with Gasteiger partial charge in [-0.3, -0.25) is 0 Å². The summed E-state index contributed by atoms with van der Waals surface area (Å²) in [4.78, 5) is 5.20. The summed E-state index contributed by atoms with van der Waals surface area (Å²) in [5.41, 5.74) is 0.503. The van der Waals surface area contributed by atoms with Crippen LogP contribution in [0.4, 0.5) is 0 Å². The van der Waals surface area contributed by atoms with Gasteiger partial charge in [-0.05, 0) is 40.2 Å². The van der Waals surface area contributed by atoms with E-state index >= 15 is 0 Å². The first-order valence-electron chi connectivity index (χ1n) is 5.20. The highest BCUT2D eigenvalue weighted by atomic mass is 79.9. The maximum absolute atomic E-state index is 9.82. The zero-order valence-electron chi connectivity index (χ0n) is 9.30. The highest BCUT2D eigenvalue weighted by Crippen LogP contribution is 2.33. The first kappa shape index (κ1) is 12.8. The number of rotatable bonds is 2. The second kappa shape index (κ2) is 5.07. The molecular formula is C12H6Br2N2O2S. The van der Waals surface area contributed by atoms with E-state index in [0.717, 1.165) is 13.8 Å². The van der Waals surface area contributed by atoms with Crippen LogP contribution in [0.3, 0.4) is 0 Å². The third-order valence-corrected chi connectivity index (χ3v) is 4.58. The van der Waals surface area contributed by atoms with Gasteiger partial charge in [0.15, 0.2) is 0 Å². The number of thiophene rings is 1. The van der Waals surface area contributed by atoms with E-state index in [-0.39, 0.29) is 5.75 Å². The van der Waals surface area contributed by atoms with Gasteiger partial charge in [-0.2, -0.15) is 4.98 Å². The van der Waals surface area contributed by atoms with Crippen molar-refractivity contribution >= 4 is 43.2 Å². The van der Waals surface area contributed by atoms with E-state index in [1.807, 2.05) is 11.4 Å². The van der Waals surface area contributed by atoms with E-state index in [2.05, 4.69) is 42.0 Å². The predicted octanol–water partition coefficient (Wildman–Crippen LogP) is 4.70. The molecule has 3 rings (SSSR count). The molecule has 0 aliphatic rings. The molecular weight excluding hydrogens is 396 g/mol. The van der Waals surface area contributed by atoms with E-state index in [1.54, 1.807) is 18.2 Å². The number of hydrogen-bond donors (Lipinski definition) is 1. The summed E-state index contributed by atoms with van der Waals surface area (Å²) in [5.74, 6) is 0.897. The lowest BCUT2D eigenvalue weighted by Gasteiger charge is -1.98. The zero-order valence-corrected chi connectivity index (χ0v) is 13.3. The molecule has 0 fully saturated rings. The fourth-order valence-corrected chi connectivity index (χ4v) is 3.26. The van der Waals surface area contributed by atoms with E-state index < -0.39 is 0 Å². The molecule has 0 saturated heterocycles. The lowest BCUT2D eigenvalue weighted by atomic mass is 10.2. The molecule has 2 heterocycles. The molecule has 0 spiro atoms. The van der Waals surface area contributed by atoms with Crippen molar-refractivity contribution in [2.75, 3.05) is 0 Å². The van der Waals surface area contributed by atoms with Crippen LogP contribution in [-0.2, 0) is 0 Å². The maximum Gasteiger partial charge on any atom is 0.262 e. The van der Waals surface area contributed by atoms with E-state index in [1.165, 1.54) is 11.3 Å². The van der Waals surface area contributed by atoms with Crippen LogP contribution in [0.2, 0.25) is 0 Å². The summed E-state index contributed by atoms with van der Waals surface area (Å²) in [7, 11) is 0. The van der Waals surface area contributed by atoms with Crippen molar-refractivity contribution < 1.29 is 9.63 Å². The molecule has 0 bridgehead atoms. The van der Waals surface area contributed by atoms with Crippen molar-refractivity contribution in [2.45, 2.75) is 0 Å². The lowest BCUT2D eigenvalue weighted by molar-refractivity contribution is 0.426. The zero-order chi connectivity index (χ0) is 13.4. The third-order valence-electron chi connectivity index (χ3n) is 2.40. The van der Waals surface area contributed by atoms with Gasteiger partial charge in [0.05, 0.1) is 10.4 Å². The Labute approximate surface area is 129 Å². The van der Waals surface area contributed by atoms with Crippen molar-refractivity contribution in [1.29, 1.82) is 0 Å². The van der Waals surface area contributed by atoms with Crippen molar-refractivity contribution in [1.82, 2.24) is 10.1 Å². The highest BCUT2D eigenvalue weighted by molar-refractivity contribution is 9.10. The summed E-state index contributed by atoms with van der Waals surface area (Å²) in [5, 5.41) is 15.7. The molecule has 1 N–H and O–H groups in total. The number of aromatic hydroxyl groups is 1. The predicted molar refractivity (Wildman–Crippen MR) is 80.1 cm³/mol. The summed E-state index contributed by atoms with van der Waals surface area (Å²) in [6.07, 6.45) is 0. The molecule has 2 aromatic heterocycles. The number of hydrogen-bond acceptors (Lipinski definition) is 5. The smallest absolute Gasteiger partial charge is 0.262 e. The Morgan fingerprint density at radius 2 is 2.00 bits per heavy atom. The van der Waals surface area contributed by atoms with Gasteiger partial charge >= 0.3 is 0 Å². The molecule has 0 saturated carbocycles. The van der Waals surface area contributed by atoms with Crippen molar-refractivity contribution in [3.63, 3.8) is 0 Å². The summed E-state index contributed by atoms with van der Waals surface area (Å²) in [6.45, 7) is 0. The third kappa shape index (κ3) is 2.58. The number of aromatic nitrogens is 2. The number of phenolic OH excluding ortho intramolecular Hbond substituents is 1. The van der Waals surface area contributed by atoms with E-state index in [0.29, 0.717) is 17.3 Å². The molecule has 0 atom stereocenters. The molecule has 7 heteroatoms. The molecule has 0 aliphatic carbocycles. The molecule has 96 valence electrons. The molecule has 3 aromatic rings. The summed E-state index contributed by atoms with van der Waals surface area (Å²) >= 11 is 8.24. The molecule has 0 radical (unpaired) electrons. The largest absolute Gasteiger partial charge is 0.507 e. The second-order valence-electron chi connectivity index (χ2n) is 3.71. The van der Waals surface area contributed by atoms with Crippen LogP contribution in [-0.4, -0.2) is 15.2 Å². The number of nitrogens with zero attached hydrogens (tertiary/aromatic N) is 2. The molecule has 0 unspecified atom stereocenters. The minimum Gasteiger partial charge on any atom is -0.507 e. The van der Waals surface area contributed by atoms with Gasteiger partial charge in [0, 0.05) is 14.3 Å². The van der Waals surface area contributed by atoms with Gasteiger partial charge in [0.2, 0.25) is 5.82 Å². The van der Waals surface area contributed by atoms with Crippen molar-refractivity contribution in [3.05, 3.63) is 38.6 Å². The van der Waals surface area contributed by atoms with Crippen molar-refractivity contribution in [2.24, 2.45) is 0 Å². The minimum absolute atomic E-state index is 0.103. The number of halogens is 2. The van der Waals surface area contributed by atoms with Gasteiger partial charge in [-0.25, -0.2) is 0 Å². The number of phenols is 1. The lowest BCUT2D eigenvalue weighted by Crippen LogP contribution is -1.80. The normalized spacial score (nSPS) is 10.8. The topological polar surface area (TPSA) is 59.2 Å². The molecule has 19 heavy (non-hydrogen) atoms. The SMILES string of the molecule is Oc1ccc(Br)cc1-c1nc(-c2cc(Br)cs2)no1. The van der Waals surface area contributed by atoms with Crippen LogP contribution < -0.4 is 0 Å². The molecule has 1 aromatic carbocycles. The van der Waals surface area contributed by atoms with Crippen molar-refractivity contribution in [3.8, 4) is 27.9 Å². The Balaban J connectivity index is 2.03. The van der Waals surface area contributed by atoms with Crippen LogP contribution in [0.5, 0.6) is 5.75 Å². The average molecular weight is 402 g/mol. The second-order valence-corrected chi connectivity index (χ2v) is 6.46. The minimum atomic E-state index is 0.103. The quantitative estimate of drug-likeness (QED) is 0.676. The fraction of sp³-hybridized carbons (Fsp3) is 0. The van der Waals surface area contributed by atoms with Gasteiger partial charge in [0.25, 0.3) is 5.89 Å². The van der Waals surface area contributed by atoms with Crippen LogP contribution >= 0.6 is 43.2 Å². The first-order valence-corrected chi connectivity index (χ1v) is 7.67. The average Bonchev–Trinajstić information content (AvgIpc) is 3.00. The first-order chi connectivity index (χ1) is 9.13. The van der Waals surface area contributed by atoms with Gasteiger partial charge in [-0.15, -0.1) is 11.3 Å². The molecule has 0 aliphatic heterocycles. The Hall–Kier alpha value is -1.18. The van der Waals surface area contributed by atoms with Gasteiger partial charge < -0.3 is 9.63 Å². The highest BCUT2D eigenvalue weighted by Gasteiger charge is 2.15. The molecule has 0 amide bonds. The van der Waals surface area contributed by atoms with Crippen LogP contribution in [0.25, 0.3) is 22.2 Å². The Morgan fingerprint density at radius 3 is 2.74 bits per heavy atom. The Bertz CT molecular complexity index is 739. The van der Waals surface area contributed by atoms with E-state index in [9.17, 15) is 5.11 Å². The fourth-order valence-electron chi connectivity index (χ4n) is 1.54. The van der Waals surface area contributed by atoms with Gasteiger partial charge in [0.1, 0.15) is 5.75 Å². The Kier molecular flexibility index (Phi) is 3.42. The maximum atomic E-state index is 9.82. The van der Waals surface area contributed by atoms with Crippen LogP contribution in [0.1, 0.15) is 0 Å². The standard InChI is InChI=1S/C12H6Br2N2O2S/c13-6-1-2-9(17)8(3-6)12-15-11(16-18-12)10-4-7(14)5-19-10/h1-5,17H. The monoisotopic (exact) mass is 400 g/mol.